The normalized spacial score (nSPS) is 20.7. The molecule has 19 heavy (non-hydrogen) atoms. The van der Waals surface area contributed by atoms with Gasteiger partial charge in [0.25, 0.3) is 0 Å². The summed E-state index contributed by atoms with van der Waals surface area (Å²) < 4.78 is 5.30. The number of methoxy groups -OCH3 is 1. The van der Waals surface area contributed by atoms with Crippen LogP contribution in [0.1, 0.15) is 46.5 Å². The van der Waals surface area contributed by atoms with Crippen molar-refractivity contribution < 1.29 is 4.74 Å². The molecule has 0 aromatic carbocycles. The first-order valence-electron chi connectivity index (χ1n) is 7.67. The molecule has 4 nitrogen and oxygen atoms in total. The summed E-state index contributed by atoms with van der Waals surface area (Å²) in [4.78, 5) is 2.58. The highest BCUT2D eigenvalue weighted by Crippen LogP contribution is 2.20. The van der Waals surface area contributed by atoms with E-state index in [0.717, 1.165) is 26.0 Å². The summed E-state index contributed by atoms with van der Waals surface area (Å²) in [6.07, 6.45) is 4.66. The van der Waals surface area contributed by atoms with Crippen LogP contribution in [-0.4, -0.2) is 55.9 Å². The van der Waals surface area contributed by atoms with Gasteiger partial charge < -0.3 is 15.8 Å². The van der Waals surface area contributed by atoms with Gasteiger partial charge in [-0.2, -0.15) is 0 Å². The molecule has 0 spiro atoms. The Kier molecular flexibility index (Phi) is 7.29. The fraction of sp³-hybridized carbons (Fsp3) is 1.00. The number of piperidine rings is 1. The molecular weight excluding hydrogens is 238 g/mol. The van der Waals surface area contributed by atoms with Gasteiger partial charge in [-0.05, 0) is 53.0 Å². The van der Waals surface area contributed by atoms with Crippen LogP contribution in [0.15, 0.2) is 0 Å². The summed E-state index contributed by atoms with van der Waals surface area (Å²) >= 11 is 0. The lowest BCUT2D eigenvalue weighted by atomic mass is 9.97. The minimum Gasteiger partial charge on any atom is -0.383 e. The Morgan fingerprint density at radius 1 is 1.32 bits per heavy atom. The second-order valence-electron chi connectivity index (χ2n) is 6.68. The van der Waals surface area contributed by atoms with Crippen LogP contribution >= 0.6 is 0 Å². The second kappa shape index (κ2) is 8.20. The van der Waals surface area contributed by atoms with Crippen LogP contribution in [0.3, 0.4) is 0 Å². The number of hydrogen-bond acceptors (Lipinski definition) is 4. The third-order valence-corrected chi connectivity index (χ3v) is 4.04. The Balaban J connectivity index is 2.33. The van der Waals surface area contributed by atoms with E-state index in [9.17, 15) is 0 Å². The molecule has 3 N–H and O–H groups in total. The van der Waals surface area contributed by atoms with Gasteiger partial charge in [-0.3, -0.25) is 4.90 Å². The molecule has 0 saturated carbocycles. The quantitative estimate of drug-likeness (QED) is 0.738. The lowest BCUT2D eigenvalue weighted by molar-refractivity contribution is 0.0862. The van der Waals surface area contributed by atoms with E-state index in [-0.39, 0.29) is 0 Å². The van der Waals surface area contributed by atoms with Crippen LogP contribution in [0.2, 0.25) is 0 Å². The highest BCUT2D eigenvalue weighted by molar-refractivity contribution is 4.86. The smallest absolute Gasteiger partial charge is 0.0615 e. The fourth-order valence-electron chi connectivity index (χ4n) is 2.83. The molecule has 114 valence electrons. The molecule has 1 atom stereocenters. The molecule has 1 aliphatic heterocycles. The first-order chi connectivity index (χ1) is 8.97. The summed E-state index contributed by atoms with van der Waals surface area (Å²) in [6, 6.07) is 1.09. The zero-order valence-electron chi connectivity index (χ0n) is 13.2. The molecular formula is C15H33N3O. The molecule has 0 bridgehead atoms. The first-order valence-corrected chi connectivity index (χ1v) is 7.67. The van der Waals surface area contributed by atoms with E-state index < -0.39 is 0 Å². The Labute approximate surface area is 119 Å². The maximum atomic E-state index is 5.60. The average molecular weight is 271 g/mol. The predicted octanol–water partition coefficient (Wildman–Crippen LogP) is 1.59. The lowest BCUT2D eigenvalue weighted by Crippen LogP contribution is -2.52. The Morgan fingerprint density at radius 3 is 2.42 bits per heavy atom. The fourth-order valence-corrected chi connectivity index (χ4v) is 2.83. The van der Waals surface area contributed by atoms with Gasteiger partial charge in [-0.25, -0.2) is 0 Å². The largest absolute Gasteiger partial charge is 0.383 e. The van der Waals surface area contributed by atoms with Crippen LogP contribution in [0.5, 0.6) is 0 Å². The Morgan fingerprint density at radius 2 is 1.95 bits per heavy atom. The average Bonchev–Trinajstić information content (AvgIpc) is 2.36. The third kappa shape index (κ3) is 6.21. The molecule has 1 rings (SSSR count). The number of hydrogen-bond donors (Lipinski definition) is 2. The molecule has 4 heteroatoms. The maximum absolute atomic E-state index is 5.60. The second-order valence-corrected chi connectivity index (χ2v) is 6.68. The molecule has 0 aromatic heterocycles. The summed E-state index contributed by atoms with van der Waals surface area (Å²) in [7, 11) is 1.78. The highest BCUT2D eigenvalue weighted by Gasteiger charge is 2.27. The van der Waals surface area contributed by atoms with Crippen molar-refractivity contribution in [2.24, 2.45) is 5.73 Å². The predicted molar refractivity (Wildman–Crippen MR) is 81.4 cm³/mol. The van der Waals surface area contributed by atoms with Crippen molar-refractivity contribution in [2.75, 3.05) is 33.4 Å². The molecule has 1 fully saturated rings. The standard InChI is InChI=1S/C15H33N3O/c1-15(2,3)18-10-7-13(8-11-18)17-14(12-19-4)6-5-9-16/h13-14,17H,5-12,16H2,1-4H3. The van der Waals surface area contributed by atoms with E-state index in [1.54, 1.807) is 7.11 Å². The van der Waals surface area contributed by atoms with Gasteiger partial charge in [0.15, 0.2) is 0 Å². The van der Waals surface area contributed by atoms with Crippen molar-refractivity contribution in [2.45, 2.75) is 64.1 Å². The van der Waals surface area contributed by atoms with E-state index in [0.29, 0.717) is 17.6 Å². The van der Waals surface area contributed by atoms with Gasteiger partial charge >= 0.3 is 0 Å². The van der Waals surface area contributed by atoms with Gasteiger partial charge in [-0.1, -0.05) is 0 Å². The van der Waals surface area contributed by atoms with Crippen molar-refractivity contribution in [3.05, 3.63) is 0 Å². The van der Waals surface area contributed by atoms with Crippen molar-refractivity contribution in [1.29, 1.82) is 0 Å². The van der Waals surface area contributed by atoms with Gasteiger partial charge in [0, 0.05) is 37.8 Å². The van der Waals surface area contributed by atoms with Gasteiger partial charge in [-0.15, -0.1) is 0 Å². The van der Waals surface area contributed by atoms with E-state index in [2.05, 4.69) is 31.0 Å². The monoisotopic (exact) mass is 271 g/mol. The first kappa shape index (κ1) is 16.9. The maximum Gasteiger partial charge on any atom is 0.0615 e. The van der Waals surface area contributed by atoms with Crippen molar-refractivity contribution in [3.8, 4) is 0 Å². The zero-order chi connectivity index (χ0) is 14.3. The van der Waals surface area contributed by atoms with Crippen molar-refractivity contribution in [3.63, 3.8) is 0 Å². The number of nitrogens with zero attached hydrogens (tertiary/aromatic N) is 1. The highest BCUT2D eigenvalue weighted by atomic mass is 16.5. The van der Waals surface area contributed by atoms with E-state index >= 15 is 0 Å². The number of nitrogens with two attached hydrogens (primary N) is 1. The molecule has 0 aliphatic carbocycles. The van der Waals surface area contributed by atoms with Crippen LogP contribution < -0.4 is 11.1 Å². The van der Waals surface area contributed by atoms with E-state index in [1.165, 1.54) is 25.9 Å². The van der Waals surface area contributed by atoms with Crippen LogP contribution in [0.25, 0.3) is 0 Å². The summed E-state index contributed by atoms with van der Waals surface area (Å²) in [5, 5.41) is 3.76. The molecule has 1 heterocycles. The molecule has 0 aromatic rings. The van der Waals surface area contributed by atoms with Gasteiger partial charge in [0.05, 0.1) is 6.61 Å². The topological polar surface area (TPSA) is 50.5 Å². The lowest BCUT2D eigenvalue weighted by Gasteiger charge is -2.41. The number of rotatable bonds is 7. The van der Waals surface area contributed by atoms with Gasteiger partial charge in [0.1, 0.15) is 0 Å². The molecule has 1 saturated heterocycles. The summed E-state index contributed by atoms with van der Waals surface area (Å²) in [5.41, 5.74) is 5.90. The van der Waals surface area contributed by atoms with Crippen LogP contribution in [0, 0.1) is 0 Å². The minimum atomic E-state index is 0.302. The molecule has 0 amide bonds. The number of likely N-dealkylation sites (tertiary alicyclic amines) is 1. The Bertz CT molecular complexity index is 232. The number of nitrogens with one attached hydrogen (secondary N) is 1. The van der Waals surface area contributed by atoms with E-state index in [1.807, 2.05) is 0 Å². The van der Waals surface area contributed by atoms with Crippen molar-refractivity contribution >= 4 is 0 Å². The van der Waals surface area contributed by atoms with Crippen molar-refractivity contribution in [1.82, 2.24) is 10.2 Å². The Hall–Kier alpha value is -0.160. The summed E-state index contributed by atoms with van der Waals surface area (Å²) in [6.45, 7) is 10.8. The van der Waals surface area contributed by atoms with E-state index in [4.69, 9.17) is 10.5 Å². The molecule has 1 aliphatic rings. The zero-order valence-corrected chi connectivity index (χ0v) is 13.2. The third-order valence-electron chi connectivity index (χ3n) is 4.04. The SMILES string of the molecule is COCC(CCCN)NC1CCN(C(C)(C)C)CC1. The molecule has 0 radical (unpaired) electrons. The minimum absolute atomic E-state index is 0.302. The summed E-state index contributed by atoms with van der Waals surface area (Å²) in [5.74, 6) is 0. The van der Waals surface area contributed by atoms with Crippen LogP contribution in [0.4, 0.5) is 0 Å². The van der Waals surface area contributed by atoms with Crippen LogP contribution in [-0.2, 0) is 4.74 Å². The number of ether oxygens (including phenoxy) is 1. The molecule has 1 unspecified atom stereocenters. The van der Waals surface area contributed by atoms with Gasteiger partial charge in [0.2, 0.25) is 0 Å².